The van der Waals surface area contributed by atoms with E-state index in [4.69, 9.17) is 10.2 Å². The maximum Gasteiger partial charge on any atom is 0.270 e. The molecule has 1 aromatic carbocycles. The van der Waals surface area contributed by atoms with Crippen molar-refractivity contribution in [2.45, 2.75) is 13.8 Å². The van der Waals surface area contributed by atoms with Crippen molar-refractivity contribution >= 4 is 5.91 Å². The summed E-state index contributed by atoms with van der Waals surface area (Å²) in [5.41, 5.74) is 5.65. The minimum absolute atomic E-state index is 0.0503. The van der Waals surface area contributed by atoms with Crippen molar-refractivity contribution < 1.29 is 13.6 Å². The number of primary amides is 1. The molecule has 4 nitrogen and oxygen atoms in total. The third-order valence-corrected chi connectivity index (χ3v) is 1.85. The van der Waals surface area contributed by atoms with Gasteiger partial charge in [0.25, 0.3) is 5.91 Å². The molecule has 17 heavy (non-hydrogen) atoms. The molecular formula is C12H13FN2O2. The van der Waals surface area contributed by atoms with Crippen molar-refractivity contribution in [3.05, 3.63) is 42.0 Å². The zero-order valence-electron chi connectivity index (χ0n) is 9.61. The number of oxazole rings is 1. The lowest BCUT2D eigenvalue weighted by Gasteiger charge is -1.93. The Morgan fingerprint density at radius 2 is 1.88 bits per heavy atom. The average Bonchev–Trinajstić information content (AvgIpc) is 2.82. The van der Waals surface area contributed by atoms with Crippen molar-refractivity contribution in [1.82, 2.24) is 4.98 Å². The van der Waals surface area contributed by atoms with Crippen LogP contribution in [0.2, 0.25) is 0 Å². The fourth-order valence-electron chi connectivity index (χ4n) is 1.11. The van der Waals surface area contributed by atoms with Crippen LogP contribution in [0.5, 0.6) is 0 Å². The Bertz CT molecular complexity index is 491. The van der Waals surface area contributed by atoms with Gasteiger partial charge in [0.2, 0.25) is 5.89 Å². The highest BCUT2D eigenvalue weighted by molar-refractivity contribution is 5.90. The third kappa shape index (κ3) is 3.14. The van der Waals surface area contributed by atoms with E-state index in [-0.39, 0.29) is 17.4 Å². The number of hydrogen-bond donors (Lipinski definition) is 1. The number of carbonyl (C=O) groups excluding carboxylic acids is 1. The summed E-state index contributed by atoms with van der Waals surface area (Å²) < 4.78 is 17.6. The van der Waals surface area contributed by atoms with Gasteiger partial charge in [0.15, 0.2) is 5.69 Å². The van der Waals surface area contributed by atoms with E-state index in [0.29, 0.717) is 5.56 Å². The van der Waals surface area contributed by atoms with Gasteiger partial charge < -0.3 is 10.2 Å². The number of carbonyl (C=O) groups is 1. The Kier molecular flexibility index (Phi) is 4.39. The van der Waals surface area contributed by atoms with Gasteiger partial charge in [-0.15, -0.1) is 0 Å². The molecule has 0 saturated carbocycles. The summed E-state index contributed by atoms with van der Waals surface area (Å²) in [5, 5.41) is 0. The monoisotopic (exact) mass is 236 g/mol. The van der Waals surface area contributed by atoms with E-state index in [1.165, 1.54) is 30.5 Å². The van der Waals surface area contributed by atoms with E-state index >= 15 is 0 Å². The van der Waals surface area contributed by atoms with E-state index in [0.717, 1.165) is 0 Å². The molecule has 0 unspecified atom stereocenters. The van der Waals surface area contributed by atoms with Crippen LogP contribution in [0.3, 0.4) is 0 Å². The Hall–Kier alpha value is -2.17. The second kappa shape index (κ2) is 5.79. The summed E-state index contributed by atoms with van der Waals surface area (Å²) in [6.45, 7) is 4.00. The minimum atomic E-state index is -0.660. The van der Waals surface area contributed by atoms with Gasteiger partial charge >= 0.3 is 0 Å². The number of halogens is 1. The Labute approximate surface area is 98.3 Å². The summed E-state index contributed by atoms with van der Waals surface area (Å²) in [5.74, 6) is -0.767. The Morgan fingerprint density at radius 1 is 1.29 bits per heavy atom. The van der Waals surface area contributed by atoms with Gasteiger partial charge in [0, 0.05) is 5.56 Å². The first kappa shape index (κ1) is 12.9. The number of nitrogens with two attached hydrogens (primary N) is 1. The predicted octanol–water partition coefficient (Wildman–Crippen LogP) is 2.61. The topological polar surface area (TPSA) is 69.1 Å². The van der Waals surface area contributed by atoms with Gasteiger partial charge in [-0.05, 0) is 24.3 Å². The highest BCUT2D eigenvalue weighted by atomic mass is 19.1. The van der Waals surface area contributed by atoms with Crippen molar-refractivity contribution in [3.63, 3.8) is 0 Å². The van der Waals surface area contributed by atoms with Crippen molar-refractivity contribution in [3.8, 4) is 11.5 Å². The van der Waals surface area contributed by atoms with Gasteiger partial charge in [-0.2, -0.15) is 0 Å². The van der Waals surface area contributed by atoms with Crippen molar-refractivity contribution in [2.24, 2.45) is 5.73 Å². The smallest absolute Gasteiger partial charge is 0.270 e. The fraction of sp³-hybridized carbons (Fsp3) is 0.167. The number of rotatable bonds is 2. The normalized spacial score (nSPS) is 9.35. The molecule has 90 valence electrons. The molecule has 1 amide bonds. The summed E-state index contributed by atoms with van der Waals surface area (Å²) in [7, 11) is 0. The van der Waals surface area contributed by atoms with Crippen LogP contribution in [-0.4, -0.2) is 10.9 Å². The largest absolute Gasteiger partial charge is 0.444 e. The van der Waals surface area contributed by atoms with Crippen LogP contribution < -0.4 is 5.73 Å². The molecule has 2 rings (SSSR count). The average molecular weight is 236 g/mol. The maximum atomic E-state index is 12.6. The molecule has 1 heterocycles. The molecule has 2 aromatic rings. The summed E-state index contributed by atoms with van der Waals surface area (Å²) in [6.07, 6.45) is 1.17. The van der Waals surface area contributed by atoms with E-state index in [1.54, 1.807) is 0 Å². The number of aromatic nitrogens is 1. The zero-order valence-corrected chi connectivity index (χ0v) is 9.61. The summed E-state index contributed by atoms with van der Waals surface area (Å²) in [6, 6.07) is 5.57. The van der Waals surface area contributed by atoms with Crippen LogP contribution in [0, 0.1) is 5.82 Å². The van der Waals surface area contributed by atoms with E-state index in [1.807, 2.05) is 13.8 Å². The Morgan fingerprint density at radius 3 is 2.35 bits per heavy atom. The van der Waals surface area contributed by atoms with Gasteiger partial charge in [-0.3, -0.25) is 4.79 Å². The molecule has 0 atom stereocenters. The van der Waals surface area contributed by atoms with E-state index in [9.17, 15) is 9.18 Å². The first-order valence-electron chi connectivity index (χ1n) is 5.18. The van der Waals surface area contributed by atoms with Crippen LogP contribution >= 0.6 is 0 Å². The standard InChI is InChI=1S/C10H7FN2O2.C2H6/c11-7-3-1-6(2-4-7)10-13-8(5-15-10)9(12)14;1-2/h1-5H,(H2,12,14);1-2H3. The van der Waals surface area contributed by atoms with Gasteiger partial charge in [0.1, 0.15) is 12.1 Å². The highest BCUT2D eigenvalue weighted by Crippen LogP contribution is 2.18. The van der Waals surface area contributed by atoms with Crippen molar-refractivity contribution in [1.29, 1.82) is 0 Å². The molecule has 0 aliphatic carbocycles. The van der Waals surface area contributed by atoms with Crippen LogP contribution in [0.1, 0.15) is 24.3 Å². The second-order valence-corrected chi connectivity index (χ2v) is 2.91. The van der Waals surface area contributed by atoms with Crippen LogP contribution in [0.25, 0.3) is 11.5 Å². The molecule has 0 radical (unpaired) electrons. The third-order valence-electron chi connectivity index (χ3n) is 1.85. The molecule has 0 spiro atoms. The van der Waals surface area contributed by atoms with Crippen molar-refractivity contribution in [2.75, 3.05) is 0 Å². The molecule has 0 saturated heterocycles. The first-order chi connectivity index (χ1) is 8.16. The predicted molar refractivity (Wildman–Crippen MR) is 61.8 cm³/mol. The molecule has 5 heteroatoms. The molecule has 0 aliphatic heterocycles. The highest BCUT2D eigenvalue weighted by Gasteiger charge is 2.09. The molecule has 0 bridgehead atoms. The van der Waals surface area contributed by atoms with E-state index in [2.05, 4.69) is 4.98 Å². The number of nitrogens with zero attached hydrogens (tertiary/aromatic N) is 1. The fourth-order valence-corrected chi connectivity index (χ4v) is 1.11. The summed E-state index contributed by atoms with van der Waals surface area (Å²) >= 11 is 0. The zero-order chi connectivity index (χ0) is 12.8. The number of hydrogen-bond acceptors (Lipinski definition) is 3. The first-order valence-corrected chi connectivity index (χ1v) is 5.18. The Balaban J connectivity index is 0.000000686. The maximum absolute atomic E-state index is 12.6. The minimum Gasteiger partial charge on any atom is -0.444 e. The molecule has 2 N–H and O–H groups in total. The lowest BCUT2D eigenvalue weighted by atomic mass is 10.2. The molecule has 1 aromatic heterocycles. The van der Waals surface area contributed by atoms with Gasteiger partial charge in [-0.1, -0.05) is 13.8 Å². The van der Waals surface area contributed by atoms with Gasteiger partial charge in [-0.25, -0.2) is 9.37 Å². The molecule has 0 aliphatic rings. The van der Waals surface area contributed by atoms with E-state index < -0.39 is 5.91 Å². The lowest BCUT2D eigenvalue weighted by molar-refractivity contribution is 0.0995. The van der Waals surface area contributed by atoms with Crippen LogP contribution in [-0.2, 0) is 0 Å². The SMILES string of the molecule is CC.NC(=O)c1coc(-c2ccc(F)cc2)n1. The van der Waals surface area contributed by atoms with Crippen LogP contribution in [0.4, 0.5) is 4.39 Å². The summed E-state index contributed by atoms with van der Waals surface area (Å²) in [4.78, 5) is 14.6. The number of benzene rings is 1. The van der Waals surface area contributed by atoms with Gasteiger partial charge in [0.05, 0.1) is 0 Å². The lowest BCUT2D eigenvalue weighted by Crippen LogP contribution is -2.10. The second-order valence-electron chi connectivity index (χ2n) is 2.91. The van der Waals surface area contributed by atoms with Crippen LogP contribution in [0.15, 0.2) is 34.9 Å². The quantitative estimate of drug-likeness (QED) is 0.871. The number of amides is 1. The molecular weight excluding hydrogens is 223 g/mol. The molecule has 0 fully saturated rings.